The van der Waals surface area contributed by atoms with Crippen LogP contribution in [0.1, 0.15) is 5.56 Å². The Morgan fingerprint density at radius 2 is 1.69 bits per heavy atom. The molecule has 2 N–H and O–H groups in total. The van der Waals surface area contributed by atoms with Crippen LogP contribution < -0.4 is 15.0 Å². The SMILES string of the molecule is c1ccc(COc2ccc3c(n2)oc2c(N4CCOCC4)nc(Nc4cc(-c5ccccc5)n[nH]4)nc23)cc1. The molecule has 7 rings (SSSR count). The molecule has 0 unspecified atom stereocenters. The summed E-state index contributed by atoms with van der Waals surface area (Å²) in [6.07, 6.45) is 0. The average Bonchev–Trinajstić information content (AvgIpc) is 3.61. The number of anilines is 3. The van der Waals surface area contributed by atoms with E-state index < -0.39 is 0 Å². The van der Waals surface area contributed by atoms with Crippen LogP contribution in [0.4, 0.5) is 17.6 Å². The fraction of sp³-hybridized carbons (Fsp3) is 0.172. The highest BCUT2D eigenvalue weighted by Gasteiger charge is 2.23. The number of rotatable bonds is 7. The van der Waals surface area contributed by atoms with Gasteiger partial charge in [0.05, 0.1) is 24.3 Å². The monoisotopic (exact) mass is 519 g/mol. The molecule has 10 heteroatoms. The first kappa shape index (κ1) is 23.2. The lowest BCUT2D eigenvalue weighted by Crippen LogP contribution is -2.37. The lowest BCUT2D eigenvalue weighted by molar-refractivity contribution is 0.122. The molecular formula is C29H25N7O3. The highest BCUT2D eigenvalue weighted by atomic mass is 16.5. The minimum Gasteiger partial charge on any atom is -0.473 e. The minimum absolute atomic E-state index is 0.418. The van der Waals surface area contributed by atoms with Gasteiger partial charge in [-0.15, -0.1) is 0 Å². The smallest absolute Gasteiger partial charge is 0.232 e. The number of H-pyrrole nitrogens is 1. The third-order valence-electron chi connectivity index (χ3n) is 6.57. The van der Waals surface area contributed by atoms with Gasteiger partial charge in [-0.05, 0) is 11.6 Å². The van der Waals surface area contributed by atoms with Crippen LogP contribution in [0.25, 0.3) is 33.5 Å². The topological polar surface area (TPSA) is 114 Å². The first-order chi connectivity index (χ1) is 19.3. The number of fused-ring (bicyclic) bond motifs is 3. The first-order valence-corrected chi connectivity index (χ1v) is 12.8. The largest absolute Gasteiger partial charge is 0.473 e. The zero-order valence-corrected chi connectivity index (χ0v) is 21.0. The van der Waals surface area contributed by atoms with Gasteiger partial charge in [-0.2, -0.15) is 15.1 Å². The molecule has 1 aliphatic heterocycles. The summed E-state index contributed by atoms with van der Waals surface area (Å²) in [6, 6.07) is 25.7. The third kappa shape index (κ3) is 4.73. The van der Waals surface area contributed by atoms with Gasteiger partial charge in [-0.1, -0.05) is 60.7 Å². The van der Waals surface area contributed by atoms with E-state index in [-0.39, 0.29) is 0 Å². The second-order valence-corrected chi connectivity index (χ2v) is 9.18. The molecule has 1 aliphatic rings. The standard InChI is InChI=1S/C29H25N7O3/c1-3-7-19(8-4-1)18-38-24-12-11-21-25-26(39-28(21)31-24)27(36-13-15-37-16-14-36)33-29(32-25)30-23-17-22(34-35-23)20-9-5-2-6-10-20/h1-12,17H,13-16,18H2,(H2,30,32,33,34,35). The quantitative estimate of drug-likeness (QED) is 0.289. The molecule has 10 nitrogen and oxygen atoms in total. The van der Waals surface area contributed by atoms with Crippen LogP contribution in [0.15, 0.2) is 83.3 Å². The summed E-state index contributed by atoms with van der Waals surface area (Å²) < 4.78 is 17.7. The number of nitrogens with one attached hydrogen (secondary N) is 2. The zero-order chi connectivity index (χ0) is 26.0. The summed E-state index contributed by atoms with van der Waals surface area (Å²) in [5.74, 6) is 2.29. The summed E-state index contributed by atoms with van der Waals surface area (Å²) in [6.45, 7) is 3.05. The number of morpholine rings is 1. The van der Waals surface area contributed by atoms with Crippen molar-refractivity contribution < 1.29 is 13.9 Å². The number of nitrogens with zero attached hydrogens (tertiary/aromatic N) is 5. The Bertz CT molecular complexity index is 1730. The summed E-state index contributed by atoms with van der Waals surface area (Å²) in [7, 11) is 0. The van der Waals surface area contributed by atoms with Crippen LogP contribution >= 0.6 is 0 Å². The number of hydrogen-bond acceptors (Lipinski definition) is 9. The van der Waals surface area contributed by atoms with E-state index in [1.807, 2.05) is 78.9 Å². The number of aromatic nitrogens is 5. The molecule has 4 aromatic heterocycles. The van der Waals surface area contributed by atoms with E-state index in [1.165, 1.54) is 0 Å². The van der Waals surface area contributed by atoms with Crippen LogP contribution in [0.3, 0.4) is 0 Å². The van der Waals surface area contributed by atoms with Gasteiger partial charge in [0.1, 0.15) is 17.9 Å². The van der Waals surface area contributed by atoms with Crippen molar-refractivity contribution in [2.24, 2.45) is 0 Å². The molecule has 5 heterocycles. The second-order valence-electron chi connectivity index (χ2n) is 9.18. The maximum absolute atomic E-state index is 6.25. The molecule has 2 aromatic carbocycles. The molecule has 0 bridgehead atoms. The molecule has 6 aromatic rings. The second kappa shape index (κ2) is 10.1. The summed E-state index contributed by atoms with van der Waals surface area (Å²) in [5.41, 5.74) is 4.62. The van der Waals surface area contributed by atoms with Gasteiger partial charge in [0.25, 0.3) is 0 Å². The normalized spacial score (nSPS) is 13.7. The Labute approximate surface area is 223 Å². The molecule has 0 saturated carbocycles. The van der Waals surface area contributed by atoms with Crippen LogP contribution in [0.5, 0.6) is 5.88 Å². The molecule has 0 aliphatic carbocycles. The molecule has 39 heavy (non-hydrogen) atoms. The van der Waals surface area contributed by atoms with Crippen LogP contribution in [-0.2, 0) is 11.3 Å². The predicted molar refractivity (Wildman–Crippen MR) is 148 cm³/mol. The third-order valence-corrected chi connectivity index (χ3v) is 6.57. The fourth-order valence-corrected chi connectivity index (χ4v) is 4.61. The summed E-state index contributed by atoms with van der Waals surface area (Å²) in [4.78, 5) is 16.4. The highest BCUT2D eigenvalue weighted by Crippen LogP contribution is 2.35. The minimum atomic E-state index is 0.418. The lowest BCUT2D eigenvalue weighted by atomic mass is 10.2. The Hall–Kier alpha value is -4.96. The molecule has 1 saturated heterocycles. The van der Waals surface area contributed by atoms with E-state index >= 15 is 0 Å². The average molecular weight is 520 g/mol. The lowest BCUT2D eigenvalue weighted by Gasteiger charge is -2.27. The number of ether oxygens (including phenoxy) is 2. The van der Waals surface area contributed by atoms with Gasteiger partial charge in [0, 0.05) is 30.8 Å². The van der Waals surface area contributed by atoms with E-state index in [2.05, 4.69) is 25.4 Å². The number of pyridine rings is 1. The molecule has 1 fully saturated rings. The van der Waals surface area contributed by atoms with Crippen molar-refractivity contribution in [2.45, 2.75) is 6.61 Å². The number of hydrogen-bond donors (Lipinski definition) is 2. The fourth-order valence-electron chi connectivity index (χ4n) is 4.61. The maximum Gasteiger partial charge on any atom is 0.232 e. The van der Waals surface area contributed by atoms with Crippen molar-refractivity contribution >= 4 is 39.8 Å². The van der Waals surface area contributed by atoms with Crippen molar-refractivity contribution in [1.29, 1.82) is 0 Å². The predicted octanol–water partition coefficient (Wildman–Crippen LogP) is 5.32. The maximum atomic E-state index is 6.25. The van der Waals surface area contributed by atoms with Crippen molar-refractivity contribution in [3.05, 3.63) is 84.4 Å². The van der Waals surface area contributed by atoms with Crippen molar-refractivity contribution in [2.75, 3.05) is 36.5 Å². The van der Waals surface area contributed by atoms with Gasteiger partial charge >= 0.3 is 0 Å². The molecule has 0 atom stereocenters. The Morgan fingerprint density at radius 3 is 2.51 bits per heavy atom. The summed E-state index contributed by atoms with van der Waals surface area (Å²) in [5, 5.41) is 11.5. The number of furan rings is 1. The van der Waals surface area contributed by atoms with Crippen LogP contribution in [0, 0.1) is 0 Å². The Kier molecular flexibility index (Phi) is 5.98. The van der Waals surface area contributed by atoms with Crippen molar-refractivity contribution in [3.63, 3.8) is 0 Å². The first-order valence-electron chi connectivity index (χ1n) is 12.8. The van der Waals surface area contributed by atoms with Gasteiger partial charge < -0.3 is 24.1 Å². The van der Waals surface area contributed by atoms with Crippen molar-refractivity contribution in [3.8, 4) is 17.1 Å². The number of aromatic amines is 1. The van der Waals surface area contributed by atoms with Gasteiger partial charge in [0.2, 0.25) is 17.5 Å². The molecule has 194 valence electrons. The molecule has 0 radical (unpaired) electrons. The Balaban J connectivity index is 1.24. The van der Waals surface area contributed by atoms with E-state index in [4.69, 9.17) is 23.9 Å². The summed E-state index contributed by atoms with van der Waals surface area (Å²) >= 11 is 0. The Morgan fingerprint density at radius 1 is 0.897 bits per heavy atom. The molecular weight excluding hydrogens is 494 g/mol. The highest BCUT2D eigenvalue weighted by molar-refractivity contribution is 6.05. The van der Waals surface area contributed by atoms with E-state index in [9.17, 15) is 0 Å². The zero-order valence-electron chi connectivity index (χ0n) is 21.0. The van der Waals surface area contributed by atoms with E-state index in [0.29, 0.717) is 73.2 Å². The number of benzene rings is 2. The molecule has 0 amide bonds. The van der Waals surface area contributed by atoms with Gasteiger partial charge in [-0.3, -0.25) is 5.10 Å². The van der Waals surface area contributed by atoms with Crippen molar-refractivity contribution in [1.82, 2.24) is 25.1 Å². The molecule has 0 spiro atoms. The van der Waals surface area contributed by atoms with Gasteiger partial charge in [-0.25, -0.2) is 4.98 Å². The van der Waals surface area contributed by atoms with E-state index in [1.54, 1.807) is 0 Å². The van der Waals surface area contributed by atoms with Crippen LogP contribution in [0.2, 0.25) is 0 Å². The van der Waals surface area contributed by atoms with E-state index in [0.717, 1.165) is 22.2 Å². The van der Waals surface area contributed by atoms with Crippen LogP contribution in [-0.4, -0.2) is 51.5 Å². The van der Waals surface area contributed by atoms with Gasteiger partial charge in [0.15, 0.2) is 11.4 Å².